The van der Waals surface area contributed by atoms with Gasteiger partial charge in [-0.1, -0.05) is 0 Å². The fourth-order valence-electron chi connectivity index (χ4n) is 0.119. The second-order valence-corrected chi connectivity index (χ2v) is 0.831. The average molecular weight is 73.1 g/mol. The fraction of sp³-hybridized carbons (Fsp3) is 0.500. The lowest BCUT2D eigenvalue weighted by molar-refractivity contribution is 0.409. The maximum absolute atomic E-state index is 5.01. The van der Waals surface area contributed by atoms with Crippen molar-refractivity contribution in [3.05, 3.63) is 6.23 Å². The molecule has 0 bridgehead atoms. The first-order chi connectivity index (χ1) is 2.43. The van der Waals surface area contributed by atoms with E-state index in [1.165, 1.54) is 0 Å². The summed E-state index contributed by atoms with van der Waals surface area (Å²) in [6.45, 7) is 0.500. The summed E-state index contributed by atoms with van der Waals surface area (Å²) < 4.78 is 0. The number of hydrogen-bond acceptors (Lipinski definition) is 3. The van der Waals surface area contributed by atoms with Crippen LogP contribution in [0.2, 0.25) is 0 Å². The molecule has 3 N–H and O–H groups in total. The highest BCUT2D eigenvalue weighted by Crippen LogP contribution is 2.04. The molecule has 0 aliphatic carbocycles. The van der Waals surface area contributed by atoms with Crippen molar-refractivity contribution in [1.82, 2.24) is 5.48 Å². The summed E-state index contributed by atoms with van der Waals surface area (Å²) in [5.74, 6) is 0. The zero-order valence-corrected chi connectivity index (χ0v) is 2.69. The predicted octanol–water partition coefficient (Wildman–Crippen LogP) is -1.03. The quantitative estimate of drug-likeness (QED) is 0.390. The molecule has 1 aliphatic rings. The van der Waals surface area contributed by atoms with Crippen LogP contribution in [0.3, 0.4) is 0 Å². The van der Waals surface area contributed by atoms with Crippen molar-refractivity contribution < 1.29 is 4.84 Å². The third-order valence-corrected chi connectivity index (χ3v) is 0.432. The maximum atomic E-state index is 5.01. The molecule has 29 valence electrons. The zero-order chi connectivity index (χ0) is 3.70. The van der Waals surface area contributed by atoms with E-state index in [-0.39, 0.29) is 0 Å². The average Bonchev–Trinajstić information content (AvgIpc) is 2.12. The van der Waals surface area contributed by atoms with Crippen LogP contribution in [0.4, 0.5) is 0 Å². The van der Waals surface area contributed by atoms with E-state index in [0.29, 0.717) is 6.54 Å². The molecule has 5 heavy (non-hydrogen) atoms. The predicted molar refractivity (Wildman–Crippen MR) is 16.5 cm³/mol. The van der Waals surface area contributed by atoms with Gasteiger partial charge in [0.25, 0.3) is 0 Å². The second kappa shape index (κ2) is 0.931. The lowest BCUT2D eigenvalue weighted by atomic mass is 10.7. The maximum Gasteiger partial charge on any atom is 0.221 e. The van der Waals surface area contributed by atoms with E-state index in [4.69, 9.17) is 5.73 Å². The molecule has 1 saturated heterocycles. The molecule has 0 atom stereocenters. The summed E-state index contributed by atoms with van der Waals surface area (Å²) >= 11 is 0. The van der Waals surface area contributed by atoms with Gasteiger partial charge in [-0.05, 0) is 0 Å². The Morgan fingerprint density at radius 3 is 2.60 bits per heavy atom. The number of hydrogen-bond donors (Lipinski definition) is 2. The Balaban J connectivity index is 2.00. The summed E-state index contributed by atoms with van der Waals surface area (Å²) in [5, 5.41) is 0. The van der Waals surface area contributed by atoms with Gasteiger partial charge in [-0.2, -0.15) is 5.48 Å². The zero-order valence-electron chi connectivity index (χ0n) is 2.69. The molecule has 1 radical (unpaired) electrons. The van der Waals surface area contributed by atoms with Crippen LogP contribution in [0.5, 0.6) is 0 Å². The summed E-state index contributed by atoms with van der Waals surface area (Å²) in [5.41, 5.74) is 7.48. The van der Waals surface area contributed by atoms with E-state index in [2.05, 4.69) is 10.3 Å². The van der Waals surface area contributed by atoms with Gasteiger partial charge in [0.15, 0.2) is 0 Å². The Morgan fingerprint density at radius 2 is 2.60 bits per heavy atom. The molecule has 0 aromatic rings. The minimum Gasteiger partial charge on any atom is -0.326 e. The first kappa shape index (κ1) is 3.08. The van der Waals surface area contributed by atoms with Crippen LogP contribution in [-0.2, 0) is 4.84 Å². The number of nitrogens with two attached hydrogens (primary N) is 1. The lowest BCUT2D eigenvalue weighted by Crippen LogP contribution is -2.00. The van der Waals surface area contributed by atoms with Crippen LogP contribution in [0.15, 0.2) is 0 Å². The van der Waals surface area contributed by atoms with Crippen molar-refractivity contribution in [2.45, 2.75) is 0 Å². The molecule has 0 unspecified atom stereocenters. The van der Waals surface area contributed by atoms with E-state index in [9.17, 15) is 0 Å². The van der Waals surface area contributed by atoms with E-state index in [1.54, 1.807) is 0 Å². The molecule has 3 heteroatoms. The molecule has 1 rings (SSSR count). The second-order valence-electron chi connectivity index (χ2n) is 0.831. The van der Waals surface area contributed by atoms with Crippen LogP contribution in [0.1, 0.15) is 0 Å². The summed E-state index contributed by atoms with van der Waals surface area (Å²) in [4.78, 5) is 4.40. The smallest absolute Gasteiger partial charge is 0.221 e. The van der Waals surface area contributed by atoms with Crippen LogP contribution in [-0.4, -0.2) is 6.54 Å². The van der Waals surface area contributed by atoms with E-state index in [0.717, 1.165) is 6.23 Å². The van der Waals surface area contributed by atoms with Crippen LogP contribution in [0, 0.1) is 6.23 Å². The van der Waals surface area contributed by atoms with Crippen molar-refractivity contribution in [2.24, 2.45) is 5.73 Å². The molecule has 0 saturated carbocycles. The van der Waals surface area contributed by atoms with Crippen molar-refractivity contribution in [3.8, 4) is 0 Å². The van der Waals surface area contributed by atoms with Crippen LogP contribution in [0.25, 0.3) is 0 Å². The van der Waals surface area contributed by atoms with E-state index < -0.39 is 0 Å². The molecule has 0 aromatic carbocycles. The normalized spacial score (nSPS) is 23.4. The third-order valence-electron chi connectivity index (χ3n) is 0.432. The number of nitrogens with one attached hydrogen (secondary N) is 1. The third kappa shape index (κ3) is 0.576. The Labute approximate surface area is 30.1 Å². The molecule has 0 amide bonds. The van der Waals surface area contributed by atoms with Crippen LogP contribution >= 0.6 is 0 Å². The van der Waals surface area contributed by atoms with Gasteiger partial charge in [-0.3, -0.25) is 4.84 Å². The van der Waals surface area contributed by atoms with Crippen LogP contribution < -0.4 is 11.2 Å². The summed E-state index contributed by atoms with van der Waals surface area (Å²) in [7, 11) is 0. The topological polar surface area (TPSA) is 60.5 Å². The van der Waals surface area contributed by atoms with Crippen molar-refractivity contribution in [2.75, 3.05) is 6.54 Å². The Kier molecular flexibility index (Phi) is 0.574. The first-order valence-electron chi connectivity index (χ1n) is 1.42. The van der Waals surface area contributed by atoms with Gasteiger partial charge in [-0.15, -0.1) is 0 Å². The molecule has 3 nitrogen and oxygen atoms in total. The fourth-order valence-corrected chi connectivity index (χ4v) is 0.119. The minimum absolute atomic E-state index is 0.500. The minimum atomic E-state index is 0.500. The number of rotatable bonds is 1. The van der Waals surface area contributed by atoms with Gasteiger partial charge in [0.2, 0.25) is 6.23 Å². The van der Waals surface area contributed by atoms with Crippen molar-refractivity contribution in [1.29, 1.82) is 0 Å². The highest BCUT2D eigenvalue weighted by molar-refractivity contribution is 4.80. The van der Waals surface area contributed by atoms with Crippen molar-refractivity contribution in [3.63, 3.8) is 0 Å². The molecular formula is C2H5N2O. The standard InChI is InChI=1S/C2H5N2O/c3-1-2-4-5-2/h4H,1,3H2. The van der Waals surface area contributed by atoms with Gasteiger partial charge in [0, 0.05) is 6.54 Å². The molecule has 0 spiro atoms. The highest BCUT2D eigenvalue weighted by Gasteiger charge is 2.20. The lowest BCUT2D eigenvalue weighted by Gasteiger charge is -1.66. The largest absolute Gasteiger partial charge is 0.326 e. The van der Waals surface area contributed by atoms with Gasteiger partial charge < -0.3 is 5.73 Å². The van der Waals surface area contributed by atoms with Gasteiger partial charge in [0.1, 0.15) is 0 Å². The molecular weight excluding hydrogens is 68.0 g/mol. The van der Waals surface area contributed by atoms with Gasteiger partial charge >= 0.3 is 0 Å². The van der Waals surface area contributed by atoms with E-state index in [1.807, 2.05) is 0 Å². The summed E-state index contributed by atoms with van der Waals surface area (Å²) in [6, 6.07) is 0. The highest BCUT2D eigenvalue weighted by atomic mass is 16.8. The van der Waals surface area contributed by atoms with Crippen molar-refractivity contribution >= 4 is 0 Å². The summed E-state index contributed by atoms with van der Waals surface area (Å²) in [6.07, 6.45) is 0.782. The molecule has 1 aliphatic heterocycles. The Morgan fingerprint density at radius 1 is 2.00 bits per heavy atom. The Hall–Kier alpha value is -0.120. The molecule has 1 fully saturated rings. The van der Waals surface area contributed by atoms with Gasteiger partial charge in [-0.25, -0.2) is 0 Å². The first-order valence-corrected chi connectivity index (χ1v) is 1.42. The molecule has 0 aromatic heterocycles. The SMILES string of the molecule is NC[C]1NO1. The van der Waals surface area contributed by atoms with E-state index >= 15 is 0 Å². The number of hydroxylamine groups is 1. The molecule has 1 heterocycles. The monoisotopic (exact) mass is 73.0 g/mol. The van der Waals surface area contributed by atoms with Gasteiger partial charge in [0.05, 0.1) is 0 Å². The Bertz CT molecular complexity index is 34.6.